The summed E-state index contributed by atoms with van der Waals surface area (Å²) in [5.41, 5.74) is 4.06. The van der Waals surface area contributed by atoms with Crippen molar-refractivity contribution in [2.45, 2.75) is 57.8 Å². The van der Waals surface area contributed by atoms with Crippen LogP contribution in [-0.2, 0) is 50.7 Å². The second-order valence-corrected chi connectivity index (χ2v) is 16.8. The van der Waals surface area contributed by atoms with E-state index in [0.29, 0.717) is 5.75 Å². The van der Waals surface area contributed by atoms with Gasteiger partial charge in [0.15, 0.2) is 17.7 Å². The van der Waals surface area contributed by atoms with Crippen LogP contribution in [0.1, 0.15) is 33.4 Å². The van der Waals surface area contributed by atoms with Crippen molar-refractivity contribution in [3.8, 4) is 0 Å². The molecule has 3 heterocycles. The van der Waals surface area contributed by atoms with E-state index >= 15 is 0 Å². The molecule has 0 bridgehead atoms. The smallest absolute Gasteiger partial charge is 0.790 e. The molecule has 2 aromatic heterocycles. The van der Waals surface area contributed by atoms with Gasteiger partial charge in [-0.3, -0.25) is 28.1 Å². The summed E-state index contributed by atoms with van der Waals surface area (Å²) in [5, 5.41) is 25.9. The molecular formula is C25H42Li4N7O20P3S. The summed E-state index contributed by atoms with van der Waals surface area (Å²) < 4.78 is 60.3. The third-order valence-corrected chi connectivity index (χ3v) is 10.9. The van der Waals surface area contributed by atoms with Crippen molar-refractivity contribution in [2.24, 2.45) is 5.41 Å². The Morgan fingerprint density at radius 3 is 2.20 bits per heavy atom. The quantitative estimate of drug-likeness (QED) is 0.0356. The van der Waals surface area contributed by atoms with Gasteiger partial charge in [0.1, 0.15) is 36.3 Å². The minimum atomic E-state index is -5.91. The molecule has 2 aromatic rings. The molecule has 7 atom stereocenters. The average molecular weight is 913 g/mol. The fourth-order valence-electron chi connectivity index (χ4n) is 4.44. The minimum absolute atomic E-state index is 0. The zero-order valence-corrected chi connectivity index (χ0v) is 37.1. The summed E-state index contributed by atoms with van der Waals surface area (Å²) in [6, 6.07) is 0. The number of anilines is 1. The van der Waals surface area contributed by atoms with Crippen LogP contribution in [0.3, 0.4) is 0 Å². The van der Waals surface area contributed by atoms with Crippen molar-refractivity contribution >= 4 is 69.1 Å². The number of carbonyl (C=O) groups is 3. The molecule has 2 amide bonds. The van der Waals surface area contributed by atoms with Crippen LogP contribution in [-0.4, -0.2) is 120 Å². The van der Waals surface area contributed by atoms with Crippen LogP contribution in [0.4, 0.5) is 5.82 Å². The summed E-state index contributed by atoms with van der Waals surface area (Å²) in [4.78, 5) is 95.1. The first-order valence-corrected chi connectivity index (χ1v) is 20.5. The zero-order valence-electron chi connectivity index (χ0n) is 33.6. The molecule has 322 valence electrons. The summed E-state index contributed by atoms with van der Waals surface area (Å²) in [6.45, 7) is 1.76. The van der Waals surface area contributed by atoms with Crippen LogP contribution in [0.15, 0.2) is 24.8 Å². The number of carbonyl (C=O) groups excluding carboxylic acids is 3. The number of amides is 2. The standard InChI is InChI=1S/C25H40N7O17P3S.4Li.3H2O/c1-4-5-16(34)53-9-8-27-15(33)6-7-28-23(37)20(36)25(2,3)11-46-52(43,44)49-51(41,42)45-10-14-19(48-50(38,39)40)18(35)24(47-14)32-13-31-17-21(26)29-12-30-22(17)32;;;;;;;/h4-5,12-14,18-20,24,35-36H,6-11H2,1-3H3,(H,27,33)(H,28,37)(H,41,42)(H,43,44)(H2,26,29,30)(H2,38,39,40);;;;;3*1H2/q;4*+1;;;/p-4/b5-4+;;;;;;;/t14-,18-,19-,20+,24-;;;;;;;/m1......./s1. The predicted octanol–water partition coefficient (Wildman–Crippen LogP) is -17.7. The zero-order chi connectivity index (χ0) is 39.8. The predicted molar refractivity (Wildman–Crippen MR) is 184 cm³/mol. The van der Waals surface area contributed by atoms with Gasteiger partial charge in [0.25, 0.3) is 15.6 Å². The van der Waals surface area contributed by atoms with Crippen molar-refractivity contribution < 1.29 is 172 Å². The van der Waals surface area contributed by atoms with E-state index in [1.165, 1.54) is 19.9 Å². The van der Waals surface area contributed by atoms with Gasteiger partial charge in [0.05, 0.1) is 27.4 Å². The van der Waals surface area contributed by atoms with E-state index in [9.17, 15) is 57.9 Å². The van der Waals surface area contributed by atoms with Gasteiger partial charge in [0, 0.05) is 30.7 Å². The molecule has 0 aromatic carbocycles. The topological polar surface area (TPSA) is 469 Å². The van der Waals surface area contributed by atoms with Gasteiger partial charge in [-0.15, -0.1) is 0 Å². The first-order valence-electron chi connectivity index (χ1n) is 15.2. The molecule has 1 saturated heterocycles. The molecule has 60 heavy (non-hydrogen) atoms. The number of nitrogens with two attached hydrogens (primary N) is 1. The van der Waals surface area contributed by atoms with Crippen LogP contribution >= 0.6 is 35.2 Å². The SMILES string of the molecule is C/C=C/C(=O)SCCNC(=O)CCNC(=O)[C@H](O)C(C)(C)COP(=O)([O-])OP(=O)([O-])OC[C@H]1O[C@@H](n2cnc3c(N)ncnc32)[C@H](O)[C@@H]1OP(=O)([O-])[O-].O.O.O.[Li+].[Li+].[Li+].[Li+]. The van der Waals surface area contributed by atoms with Gasteiger partial charge in [-0.25, -0.2) is 19.3 Å². The molecule has 1 aliphatic rings. The summed E-state index contributed by atoms with van der Waals surface area (Å²) in [6.07, 6.45) is -4.63. The van der Waals surface area contributed by atoms with Crippen LogP contribution < -0.4 is 111 Å². The Morgan fingerprint density at radius 2 is 1.62 bits per heavy atom. The molecule has 1 fully saturated rings. The van der Waals surface area contributed by atoms with Gasteiger partial charge in [-0.2, -0.15) is 0 Å². The van der Waals surface area contributed by atoms with Crippen molar-refractivity contribution in [3.05, 3.63) is 24.8 Å². The van der Waals surface area contributed by atoms with E-state index in [4.69, 9.17) is 10.5 Å². The third kappa shape index (κ3) is 21.5. The number of nitrogens with zero attached hydrogens (tertiary/aromatic N) is 4. The van der Waals surface area contributed by atoms with Crippen LogP contribution in [0.2, 0.25) is 0 Å². The summed E-state index contributed by atoms with van der Waals surface area (Å²) in [7, 11) is -17.6. The summed E-state index contributed by atoms with van der Waals surface area (Å²) >= 11 is 0.996. The largest absolute Gasteiger partial charge is 1.00 e. The maximum atomic E-state index is 12.5. The van der Waals surface area contributed by atoms with E-state index in [0.717, 1.165) is 29.0 Å². The molecule has 35 heteroatoms. The Balaban J connectivity index is -0.00000144. The van der Waals surface area contributed by atoms with Crippen molar-refractivity contribution in [1.82, 2.24) is 30.2 Å². The number of aromatic nitrogens is 4. The Bertz CT molecular complexity index is 1820. The number of nitrogens with one attached hydrogen (secondary N) is 2. The molecule has 0 saturated carbocycles. The van der Waals surface area contributed by atoms with Gasteiger partial charge in [-0.05, 0) is 13.0 Å². The first kappa shape index (κ1) is 68.6. The Morgan fingerprint density at radius 1 is 1.02 bits per heavy atom. The molecular weight excluding hydrogens is 871 g/mol. The number of rotatable bonds is 20. The maximum Gasteiger partial charge on any atom is 1.00 e. The van der Waals surface area contributed by atoms with Crippen molar-refractivity contribution in [1.29, 1.82) is 0 Å². The van der Waals surface area contributed by atoms with Gasteiger partial charge in [-0.1, -0.05) is 31.7 Å². The molecule has 0 spiro atoms. The van der Waals surface area contributed by atoms with E-state index < -0.39 is 84.6 Å². The van der Waals surface area contributed by atoms with Crippen LogP contribution in [0.25, 0.3) is 11.2 Å². The Hall–Kier alpha value is -0.430. The minimum Gasteiger partial charge on any atom is -0.790 e. The number of aliphatic hydroxyl groups excluding tert-OH is 2. The van der Waals surface area contributed by atoms with Crippen LogP contribution in [0, 0.1) is 5.41 Å². The number of thioether (sulfide) groups is 1. The third-order valence-electron chi connectivity index (χ3n) is 7.02. The molecule has 12 N–H and O–H groups in total. The van der Waals surface area contributed by atoms with Crippen molar-refractivity contribution in [3.63, 3.8) is 0 Å². The second kappa shape index (κ2) is 29.9. The molecule has 2 unspecified atom stereocenters. The van der Waals surface area contributed by atoms with E-state index in [1.807, 2.05) is 0 Å². The number of phosphoric ester groups is 3. The Labute approximate surface area is 394 Å². The number of allylic oxidation sites excluding steroid dienone is 1. The number of nitrogen functional groups attached to an aromatic ring is 1. The normalized spacial score (nSPS) is 19.8. The molecule has 1 aliphatic heterocycles. The van der Waals surface area contributed by atoms with E-state index in [1.54, 1.807) is 13.0 Å². The molecule has 27 nitrogen and oxygen atoms in total. The van der Waals surface area contributed by atoms with Gasteiger partial charge < -0.3 is 85.5 Å². The number of phosphoric acid groups is 3. The average Bonchev–Trinajstić information content (AvgIpc) is 3.61. The number of aliphatic hydroxyl groups is 2. The van der Waals surface area contributed by atoms with Crippen LogP contribution in [0.5, 0.6) is 0 Å². The van der Waals surface area contributed by atoms with Crippen molar-refractivity contribution in [2.75, 3.05) is 37.8 Å². The van der Waals surface area contributed by atoms with Gasteiger partial charge in [0.2, 0.25) is 16.9 Å². The first-order chi connectivity index (χ1) is 24.6. The second-order valence-electron chi connectivity index (χ2n) is 11.7. The fraction of sp³-hybridized carbons (Fsp3) is 0.600. The number of ether oxygens (including phenoxy) is 1. The summed E-state index contributed by atoms with van der Waals surface area (Å²) in [5.74, 6) is -1.24. The number of imidazole rings is 1. The van der Waals surface area contributed by atoms with E-state index in [2.05, 4.69) is 43.5 Å². The molecule has 0 aliphatic carbocycles. The molecule has 3 rings (SSSR count). The maximum absolute atomic E-state index is 12.5. The Kier molecular flexibility index (Phi) is 34.2. The fourth-order valence-corrected chi connectivity index (χ4v) is 7.82. The number of fused-ring (bicyclic) bond motifs is 1. The molecule has 0 radical (unpaired) electrons. The number of hydrogen-bond acceptors (Lipinski definition) is 22. The van der Waals surface area contributed by atoms with E-state index in [-0.39, 0.29) is 133 Å². The van der Waals surface area contributed by atoms with Gasteiger partial charge >= 0.3 is 75.4 Å². The number of hydrogen-bond donors (Lipinski definition) is 5. The monoisotopic (exact) mass is 913 g/mol.